The van der Waals surface area contributed by atoms with Crippen molar-refractivity contribution in [3.8, 4) is 5.75 Å². The first-order valence-corrected chi connectivity index (χ1v) is 8.44. The molecule has 0 radical (unpaired) electrons. The Bertz CT molecular complexity index is 734. The van der Waals surface area contributed by atoms with Crippen molar-refractivity contribution >= 4 is 11.9 Å². The molecule has 1 aliphatic heterocycles. The number of nitrogens with one attached hydrogen (secondary N) is 1. The largest absolute Gasteiger partial charge is 0.489 e. The molecule has 5 nitrogen and oxygen atoms in total. The summed E-state index contributed by atoms with van der Waals surface area (Å²) in [7, 11) is 0. The molecule has 1 aromatic carbocycles. The van der Waals surface area contributed by atoms with Crippen molar-refractivity contribution in [2.45, 2.75) is 58.0 Å². The lowest BCUT2D eigenvalue weighted by atomic mass is 9.79. The predicted octanol–water partition coefficient (Wildman–Crippen LogP) is 3.20. The summed E-state index contributed by atoms with van der Waals surface area (Å²) in [5.41, 5.74) is -1.38. The Labute approximate surface area is 148 Å². The van der Waals surface area contributed by atoms with Gasteiger partial charge in [0.15, 0.2) is 0 Å². The van der Waals surface area contributed by atoms with Gasteiger partial charge in [-0.1, -0.05) is 0 Å². The third-order valence-electron chi connectivity index (χ3n) is 5.20. The normalized spacial score (nSPS) is 28.6. The third kappa shape index (κ3) is 3.37. The summed E-state index contributed by atoms with van der Waals surface area (Å²) in [6.45, 7) is 2.99. The highest BCUT2D eigenvalue weighted by atomic mass is 19.4. The van der Waals surface area contributed by atoms with Gasteiger partial charge in [-0.15, -0.1) is 0 Å². The Kier molecular flexibility index (Phi) is 4.62. The molecule has 0 bridgehead atoms. The van der Waals surface area contributed by atoms with Crippen molar-refractivity contribution in [3.63, 3.8) is 0 Å². The van der Waals surface area contributed by atoms with Crippen LogP contribution in [0.15, 0.2) is 18.2 Å². The van der Waals surface area contributed by atoms with Crippen LogP contribution in [0.25, 0.3) is 0 Å². The first kappa shape index (κ1) is 18.5. The van der Waals surface area contributed by atoms with E-state index in [0.29, 0.717) is 25.0 Å². The van der Waals surface area contributed by atoms with Crippen LogP contribution in [0.2, 0.25) is 0 Å². The third-order valence-corrected chi connectivity index (χ3v) is 5.20. The molecule has 26 heavy (non-hydrogen) atoms. The van der Waals surface area contributed by atoms with E-state index in [1.807, 2.05) is 0 Å². The molecule has 1 N–H and O–H groups in total. The van der Waals surface area contributed by atoms with Crippen molar-refractivity contribution in [3.05, 3.63) is 29.3 Å². The Morgan fingerprint density at radius 1 is 1.38 bits per heavy atom. The summed E-state index contributed by atoms with van der Waals surface area (Å²) in [6.07, 6.45) is -4.05. The molecule has 8 heteroatoms. The van der Waals surface area contributed by atoms with E-state index in [-0.39, 0.29) is 24.1 Å². The second-order valence-corrected chi connectivity index (χ2v) is 6.89. The lowest BCUT2D eigenvalue weighted by Gasteiger charge is -2.36. The van der Waals surface area contributed by atoms with Gasteiger partial charge in [-0.25, -0.2) is 0 Å². The highest BCUT2D eigenvalue weighted by Crippen LogP contribution is 2.45. The van der Waals surface area contributed by atoms with Gasteiger partial charge in [0.2, 0.25) is 5.91 Å². The molecule has 142 valence electrons. The maximum absolute atomic E-state index is 12.9. The van der Waals surface area contributed by atoms with E-state index in [2.05, 4.69) is 5.32 Å². The van der Waals surface area contributed by atoms with E-state index in [0.717, 1.165) is 12.1 Å². The molecule has 1 heterocycles. The minimum atomic E-state index is -4.46. The zero-order valence-corrected chi connectivity index (χ0v) is 14.5. The number of hydrogen-bond acceptors (Lipinski definition) is 4. The van der Waals surface area contributed by atoms with Crippen LogP contribution in [0.1, 0.15) is 44.2 Å². The van der Waals surface area contributed by atoms with Crippen LogP contribution < -0.4 is 10.1 Å². The van der Waals surface area contributed by atoms with Crippen LogP contribution in [-0.2, 0) is 27.0 Å². The summed E-state index contributed by atoms with van der Waals surface area (Å²) in [5.74, 6) is -0.375. The van der Waals surface area contributed by atoms with E-state index < -0.39 is 29.2 Å². The van der Waals surface area contributed by atoms with Crippen LogP contribution in [0.4, 0.5) is 13.2 Å². The molecule has 3 rings (SSSR count). The van der Waals surface area contributed by atoms with Crippen molar-refractivity contribution < 1.29 is 32.2 Å². The molecular formula is C18H20F3NO4. The fourth-order valence-corrected chi connectivity index (χ4v) is 3.79. The van der Waals surface area contributed by atoms with Crippen LogP contribution >= 0.6 is 0 Å². The fraction of sp³-hybridized carbons (Fsp3) is 0.556. The average molecular weight is 371 g/mol. The summed E-state index contributed by atoms with van der Waals surface area (Å²) in [6, 6.07) is 3.26. The Morgan fingerprint density at radius 2 is 2.12 bits per heavy atom. The molecule has 1 spiro atoms. The number of rotatable bonds is 1. The molecule has 1 saturated carbocycles. The number of carbonyl (C=O) groups is 2. The van der Waals surface area contributed by atoms with Gasteiger partial charge >= 0.3 is 12.1 Å². The lowest BCUT2D eigenvalue weighted by molar-refractivity contribution is -0.148. The Morgan fingerprint density at radius 3 is 2.77 bits per heavy atom. The first-order valence-electron chi connectivity index (χ1n) is 8.44. The molecule has 2 unspecified atom stereocenters. The number of alkyl halides is 3. The molecule has 0 aromatic heterocycles. The number of fused-ring (bicyclic) bond motifs is 1. The summed E-state index contributed by atoms with van der Waals surface area (Å²) >= 11 is 0. The quantitative estimate of drug-likeness (QED) is 0.770. The lowest BCUT2D eigenvalue weighted by Crippen LogP contribution is -2.50. The van der Waals surface area contributed by atoms with Gasteiger partial charge in [0.25, 0.3) is 0 Å². The molecule has 0 saturated heterocycles. The monoisotopic (exact) mass is 371 g/mol. The molecule has 1 amide bonds. The number of hydrogen-bond donors (Lipinski definition) is 1. The Balaban J connectivity index is 1.87. The van der Waals surface area contributed by atoms with Gasteiger partial charge in [-0.05, 0) is 38.0 Å². The highest BCUT2D eigenvalue weighted by molar-refractivity contribution is 5.84. The molecular weight excluding hydrogens is 351 g/mol. The maximum atomic E-state index is 12.9. The van der Waals surface area contributed by atoms with E-state index in [1.165, 1.54) is 13.0 Å². The van der Waals surface area contributed by atoms with E-state index >= 15 is 0 Å². The van der Waals surface area contributed by atoms with Gasteiger partial charge in [-0.3, -0.25) is 9.59 Å². The van der Waals surface area contributed by atoms with Crippen molar-refractivity contribution in [2.75, 3.05) is 0 Å². The maximum Gasteiger partial charge on any atom is 0.416 e. The topological polar surface area (TPSA) is 64.6 Å². The van der Waals surface area contributed by atoms with Gasteiger partial charge in [-0.2, -0.15) is 13.2 Å². The van der Waals surface area contributed by atoms with Gasteiger partial charge < -0.3 is 14.8 Å². The number of amides is 1. The highest BCUT2D eigenvalue weighted by Gasteiger charge is 2.52. The molecule has 3 atom stereocenters. The molecule has 1 aliphatic carbocycles. The van der Waals surface area contributed by atoms with E-state index in [4.69, 9.17) is 9.47 Å². The Hall–Kier alpha value is -2.25. The summed E-state index contributed by atoms with van der Waals surface area (Å²) < 4.78 is 49.9. The predicted molar refractivity (Wildman–Crippen MR) is 85.2 cm³/mol. The smallest absolute Gasteiger partial charge is 0.416 e. The minimum Gasteiger partial charge on any atom is -0.489 e. The number of halogens is 3. The average Bonchev–Trinajstić information content (AvgIpc) is 2.96. The van der Waals surface area contributed by atoms with Crippen molar-refractivity contribution in [1.29, 1.82) is 0 Å². The fourth-order valence-electron chi connectivity index (χ4n) is 3.79. The van der Waals surface area contributed by atoms with Crippen LogP contribution in [0.3, 0.4) is 0 Å². The second-order valence-electron chi connectivity index (χ2n) is 6.89. The van der Waals surface area contributed by atoms with E-state index in [9.17, 15) is 22.8 Å². The molecule has 2 aliphatic rings. The zero-order chi connectivity index (χ0) is 19.1. The molecule has 1 aromatic rings. The van der Waals surface area contributed by atoms with Crippen molar-refractivity contribution in [2.24, 2.45) is 5.41 Å². The standard InChI is InChI=1S/C18H20F3NO4/c1-10-17(6-5-14(8-17)26-11(2)23)16(24)22-9-12-7-13(18(19,20)21)3-4-15(12)25-10/h3-4,7,10,14H,5-6,8-9H2,1-2H3,(H,22,24)/t10?,14?,17-/m0/s1. The molecule has 1 fully saturated rings. The summed E-state index contributed by atoms with van der Waals surface area (Å²) in [5, 5.41) is 2.73. The van der Waals surface area contributed by atoms with Gasteiger partial charge in [0, 0.05) is 25.5 Å². The number of ether oxygens (including phenoxy) is 2. The SMILES string of the molecule is CC(=O)OC1CC[C@@]2(C1)C(=O)NCc1cc(C(F)(F)F)ccc1OC2C. The van der Waals surface area contributed by atoms with Gasteiger partial charge in [0.05, 0.1) is 11.0 Å². The number of carbonyl (C=O) groups excluding carboxylic acids is 2. The first-order chi connectivity index (χ1) is 12.1. The van der Waals surface area contributed by atoms with Crippen molar-refractivity contribution in [1.82, 2.24) is 5.32 Å². The minimum absolute atomic E-state index is 0.0508. The summed E-state index contributed by atoms with van der Waals surface area (Å²) in [4.78, 5) is 24.0. The van der Waals surface area contributed by atoms with Crippen LogP contribution in [-0.4, -0.2) is 24.1 Å². The number of benzene rings is 1. The number of esters is 1. The van der Waals surface area contributed by atoms with Gasteiger partial charge in [0.1, 0.15) is 18.0 Å². The van der Waals surface area contributed by atoms with Crippen LogP contribution in [0.5, 0.6) is 5.75 Å². The van der Waals surface area contributed by atoms with Crippen LogP contribution in [0, 0.1) is 5.41 Å². The second kappa shape index (κ2) is 6.48. The zero-order valence-electron chi connectivity index (χ0n) is 14.5. The van der Waals surface area contributed by atoms with E-state index in [1.54, 1.807) is 6.92 Å².